The summed E-state index contributed by atoms with van der Waals surface area (Å²) in [5, 5.41) is 12.0. The topological polar surface area (TPSA) is 53.0 Å². The molecule has 1 heterocycles. The SMILES string of the molecule is CC(C)(C)OC(=O)N1CCCC1[C@@H](O)[C@H](Cc1ccccc1)N(Cc1ccccc1)Cc1ccccc1. The van der Waals surface area contributed by atoms with E-state index in [1.807, 2.05) is 51.1 Å². The monoisotopic (exact) mass is 500 g/mol. The number of nitrogens with zero attached hydrogens (tertiary/aromatic N) is 2. The van der Waals surface area contributed by atoms with Gasteiger partial charge in [-0.3, -0.25) is 4.90 Å². The first-order chi connectivity index (χ1) is 17.8. The van der Waals surface area contributed by atoms with E-state index in [1.54, 1.807) is 4.90 Å². The maximum atomic E-state index is 13.1. The van der Waals surface area contributed by atoms with Crippen molar-refractivity contribution in [3.63, 3.8) is 0 Å². The molecule has 0 radical (unpaired) electrons. The van der Waals surface area contributed by atoms with Gasteiger partial charge >= 0.3 is 6.09 Å². The molecule has 1 aliphatic heterocycles. The third-order valence-corrected chi connectivity index (χ3v) is 6.93. The fourth-order valence-corrected chi connectivity index (χ4v) is 5.20. The Morgan fingerprint density at radius 2 is 1.38 bits per heavy atom. The highest BCUT2D eigenvalue weighted by atomic mass is 16.6. The van der Waals surface area contributed by atoms with Crippen LogP contribution in [0.3, 0.4) is 0 Å². The van der Waals surface area contributed by atoms with Gasteiger partial charge in [0.1, 0.15) is 5.60 Å². The van der Waals surface area contributed by atoms with E-state index >= 15 is 0 Å². The van der Waals surface area contributed by atoms with E-state index in [0.29, 0.717) is 26.1 Å². The van der Waals surface area contributed by atoms with E-state index in [2.05, 4.69) is 65.6 Å². The minimum absolute atomic E-state index is 0.198. The molecular formula is C32H40N2O3. The molecule has 1 saturated heterocycles. The molecule has 37 heavy (non-hydrogen) atoms. The van der Waals surface area contributed by atoms with Crippen molar-refractivity contribution >= 4 is 6.09 Å². The summed E-state index contributed by atoms with van der Waals surface area (Å²) in [6.45, 7) is 7.64. The summed E-state index contributed by atoms with van der Waals surface area (Å²) < 4.78 is 5.71. The summed E-state index contributed by atoms with van der Waals surface area (Å²) in [5.74, 6) is 0. The molecule has 4 rings (SSSR count). The standard InChI is InChI=1S/C32H40N2O3/c1-32(2,3)37-31(36)34-21-13-20-28(34)30(35)29(22-25-14-7-4-8-15-25)33(23-26-16-9-5-10-17-26)24-27-18-11-6-12-19-27/h4-12,14-19,28-30,35H,13,20-24H2,1-3H3/t28?,29-,30+/m0/s1. The van der Waals surface area contributed by atoms with Crippen LogP contribution in [0.25, 0.3) is 0 Å². The fourth-order valence-electron chi connectivity index (χ4n) is 5.20. The zero-order valence-corrected chi connectivity index (χ0v) is 22.3. The van der Waals surface area contributed by atoms with Crippen LogP contribution in [-0.4, -0.2) is 51.3 Å². The summed E-state index contributed by atoms with van der Waals surface area (Å²) >= 11 is 0. The molecule has 0 spiro atoms. The van der Waals surface area contributed by atoms with Crippen molar-refractivity contribution in [1.29, 1.82) is 0 Å². The van der Waals surface area contributed by atoms with Crippen LogP contribution in [0.5, 0.6) is 0 Å². The fraction of sp³-hybridized carbons (Fsp3) is 0.406. The molecule has 3 aromatic rings. The molecule has 0 saturated carbocycles. The number of aliphatic hydroxyl groups excluding tert-OH is 1. The maximum Gasteiger partial charge on any atom is 0.410 e. The summed E-state index contributed by atoms with van der Waals surface area (Å²) in [5.41, 5.74) is 2.98. The lowest BCUT2D eigenvalue weighted by Gasteiger charge is -2.40. The van der Waals surface area contributed by atoms with E-state index in [9.17, 15) is 9.90 Å². The Kier molecular flexibility index (Phi) is 9.01. The van der Waals surface area contributed by atoms with Crippen molar-refractivity contribution in [2.75, 3.05) is 6.54 Å². The minimum atomic E-state index is -0.734. The van der Waals surface area contributed by atoms with Gasteiger partial charge in [0, 0.05) is 25.7 Å². The number of likely N-dealkylation sites (tertiary alicyclic amines) is 1. The third-order valence-electron chi connectivity index (χ3n) is 6.93. The Labute approximate surface area is 221 Å². The zero-order valence-electron chi connectivity index (χ0n) is 22.3. The number of hydrogen-bond donors (Lipinski definition) is 1. The highest BCUT2D eigenvalue weighted by Gasteiger charge is 2.41. The Morgan fingerprint density at radius 1 is 0.892 bits per heavy atom. The van der Waals surface area contributed by atoms with Gasteiger partial charge in [-0.15, -0.1) is 0 Å². The molecule has 3 aromatic carbocycles. The number of aliphatic hydroxyl groups is 1. The summed E-state index contributed by atoms with van der Waals surface area (Å²) in [7, 11) is 0. The number of hydrogen-bond acceptors (Lipinski definition) is 4. The average Bonchev–Trinajstić information content (AvgIpc) is 3.38. The molecule has 0 aliphatic carbocycles. The number of rotatable bonds is 9. The van der Waals surface area contributed by atoms with Gasteiger partial charge < -0.3 is 14.7 Å². The van der Waals surface area contributed by atoms with Crippen molar-refractivity contribution < 1.29 is 14.6 Å². The van der Waals surface area contributed by atoms with Crippen molar-refractivity contribution in [2.45, 2.75) is 76.9 Å². The lowest BCUT2D eigenvalue weighted by Crippen LogP contribution is -2.54. The number of carbonyl (C=O) groups is 1. The van der Waals surface area contributed by atoms with Crippen molar-refractivity contribution in [2.24, 2.45) is 0 Å². The number of carbonyl (C=O) groups excluding carboxylic acids is 1. The highest BCUT2D eigenvalue weighted by molar-refractivity contribution is 5.69. The lowest BCUT2D eigenvalue weighted by molar-refractivity contribution is -0.0250. The Hall–Kier alpha value is -3.15. The summed E-state index contributed by atoms with van der Waals surface area (Å²) in [6, 6.07) is 30.6. The molecule has 1 aliphatic rings. The predicted molar refractivity (Wildman–Crippen MR) is 148 cm³/mol. The van der Waals surface area contributed by atoms with E-state index < -0.39 is 11.7 Å². The molecule has 1 unspecified atom stereocenters. The molecule has 1 fully saturated rings. The summed E-state index contributed by atoms with van der Waals surface area (Å²) in [6.07, 6.45) is 1.22. The second-order valence-electron chi connectivity index (χ2n) is 11.0. The second kappa shape index (κ2) is 12.4. The Balaban J connectivity index is 1.67. The van der Waals surface area contributed by atoms with Crippen LogP contribution in [0.15, 0.2) is 91.0 Å². The van der Waals surface area contributed by atoms with E-state index in [0.717, 1.165) is 12.8 Å². The zero-order chi connectivity index (χ0) is 26.3. The smallest absolute Gasteiger partial charge is 0.410 e. The van der Waals surface area contributed by atoms with Crippen molar-refractivity contribution in [1.82, 2.24) is 9.80 Å². The van der Waals surface area contributed by atoms with Gasteiger partial charge in [0.05, 0.1) is 12.1 Å². The van der Waals surface area contributed by atoms with Crippen LogP contribution >= 0.6 is 0 Å². The molecule has 5 nitrogen and oxygen atoms in total. The first-order valence-corrected chi connectivity index (χ1v) is 13.3. The third kappa shape index (κ3) is 7.67. The summed E-state index contributed by atoms with van der Waals surface area (Å²) in [4.78, 5) is 17.2. The normalized spacial score (nSPS) is 17.5. The molecule has 3 atom stereocenters. The number of amides is 1. The average molecular weight is 501 g/mol. The Morgan fingerprint density at radius 3 is 1.86 bits per heavy atom. The van der Waals surface area contributed by atoms with E-state index in [1.165, 1.54) is 16.7 Å². The lowest BCUT2D eigenvalue weighted by atomic mass is 9.92. The second-order valence-corrected chi connectivity index (χ2v) is 11.0. The molecule has 0 bridgehead atoms. The quantitative estimate of drug-likeness (QED) is 0.388. The predicted octanol–water partition coefficient (Wildman–Crippen LogP) is 6.06. The van der Waals surface area contributed by atoms with Gasteiger partial charge in [0.15, 0.2) is 0 Å². The molecule has 196 valence electrons. The number of benzene rings is 3. The van der Waals surface area contributed by atoms with Gasteiger partial charge in [-0.05, 0) is 56.7 Å². The van der Waals surface area contributed by atoms with Crippen LogP contribution < -0.4 is 0 Å². The van der Waals surface area contributed by atoms with Crippen LogP contribution in [0, 0.1) is 0 Å². The minimum Gasteiger partial charge on any atom is -0.444 e. The highest BCUT2D eigenvalue weighted by Crippen LogP contribution is 2.29. The van der Waals surface area contributed by atoms with Crippen LogP contribution in [-0.2, 0) is 24.2 Å². The van der Waals surface area contributed by atoms with Gasteiger partial charge in [-0.1, -0.05) is 91.0 Å². The van der Waals surface area contributed by atoms with Crippen molar-refractivity contribution in [3.8, 4) is 0 Å². The van der Waals surface area contributed by atoms with Gasteiger partial charge in [0.25, 0.3) is 0 Å². The van der Waals surface area contributed by atoms with Crippen LogP contribution in [0.1, 0.15) is 50.3 Å². The van der Waals surface area contributed by atoms with E-state index in [-0.39, 0.29) is 18.2 Å². The largest absolute Gasteiger partial charge is 0.444 e. The molecule has 0 aromatic heterocycles. The van der Waals surface area contributed by atoms with Gasteiger partial charge in [-0.2, -0.15) is 0 Å². The van der Waals surface area contributed by atoms with E-state index in [4.69, 9.17) is 4.74 Å². The van der Waals surface area contributed by atoms with Gasteiger partial charge in [0.2, 0.25) is 0 Å². The molecule has 1 N–H and O–H groups in total. The van der Waals surface area contributed by atoms with Crippen molar-refractivity contribution in [3.05, 3.63) is 108 Å². The Bertz CT molecular complexity index is 1060. The molecule has 1 amide bonds. The van der Waals surface area contributed by atoms with Crippen LogP contribution in [0.4, 0.5) is 4.79 Å². The first-order valence-electron chi connectivity index (χ1n) is 13.3. The maximum absolute atomic E-state index is 13.1. The van der Waals surface area contributed by atoms with Gasteiger partial charge in [-0.25, -0.2) is 4.79 Å². The number of ether oxygens (including phenoxy) is 1. The van der Waals surface area contributed by atoms with Crippen LogP contribution in [0.2, 0.25) is 0 Å². The molecule has 5 heteroatoms. The molecular weight excluding hydrogens is 460 g/mol. The first kappa shape index (κ1) is 26.9.